The van der Waals surface area contributed by atoms with Gasteiger partial charge in [0.25, 0.3) is 0 Å². The van der Waals surface area contributed by atoms with Crippen molar-refractivity contribution in [1.82, 2.24) is 10.2 Å². The Labute approximate surface area is 99.6 Å². The maximum Gasteiger partial charge on any atom is 0.326 e. The lowest BCUT2D eigenvalue weighted by atomic mass is 10.2. The van der Waals surface area contributed by atoms with E-state index in [2.05, 4.69) is 12.2 Å². The van der Waals surface area contributed by atoms with E-state index < -0.39 is 12.0 Å². The predicted molar refractivity (Wildman–Crippen MR) is 63.7 cm³/mol. The van der Waals surface area contributed by atoms with Crippen LogP contribution in [-0.2, 0) is 4.79 Å². The largest absolute Gasteiger partial charge is 0.480 e. The number of thioether (sulfide) groups is 1. The smallest absolute Gasteiger partial charge is 0.326 e. The maximum atomic E-state index is 11.8. The fraction of sp³-hybridized carbons (Fsp3) is 0.800. The summed E-state index contributed by atoms with van der Waals surface area (Å²) in [4.78, 5) is 24.2. The summed E-state index contributed by atoms with van der Waals surface area (Å²) in [5, 5.41) is 11.8. The molecule has 0 saturated carbocycles. The van der Waals surface area contributed by atoms with Gasteiger partial charge in [-0.25, -0.2) is 9.59 Å². The van der Waals surface area contributed by atoms with Crippen molar-refractivity contribution >= 4 is 23.8 Å². The fourth-order valence-corrected chi connectivity index (χ4v) is 2.60. The van der Waals surface area contributed by atoms with Gasteiger partial charge in [-0.3, -0.25) is 0 Å². The maximum absolute atomic E-state index is 11.8. The molecule has 92 valence electrons. The Morgan fingerprint density at radius 3 is 2.81 bits per heavy atom. The molecule has 0 bridgehead atoms. The van der Waals surface area contributed by atoms with Crippen LogP contribution in [0.4, 0.5) is 4.79 Å². The number of carboxylic acid groups (broad SMARTS) is 1. The second-order valence-corrected chi connectivity index (χ2v) is 5.42. The van der Waals surface area contributed by atoms with E-state index in [-0.39, 0.29) is 6.03 Å². The number of aliphatic carboxylic acids is 1. The van der Waals surface area contributed by atoms with Gasteiger partial charge in [-0.2, -0.15) is 11.8 Å². The first-order valence-corrected chi connectivity index (χ1v) is 6.49. The van der Waals surface area contributed by atoms with Gasteiger partial charge in [0.15, 0.2) is 0 Å². The van der Waals surface area contributed by atoms with Crippen molar-refractivity contribution in [3.63, 3.8) is 0 Å². The number of hydrogen-bond donors (Lipinski definition) is 2. The Bertz CT molecular complexity index is 273. The lowest BCUT2D eigenvalue weighted by molar-refractivity contribution is -0.139. The van der Waals surface area contributed by atoms with Gasteiger partial charge in [0, 0.05) is 24.1 Å². The van der Waals surface area contributed by atoms with Crippen molar-refractivity contribution in [2.45, 2.75) is 31.6 Å². The third kappa shape index (κ3) is 3.59. The molecule has 1 rings (SSSR count). The van der Waals surface area contributed by atoms with Gasteiger partial charge in [-0.15, -0.1) is 0 Å². The predicted octanol–water partition coefficient (Wildman–Crippen LogP) is 0.997. The molecular weight excluding hydrogens is 228 g/mol. The van der Waals surface area contributed by atoms with Gasteiger partial charge in [0.05, 0.1) is 0 Å². The highest BCUT2D eigenvalue weighted by Crippen LogP contribution is 2.17. The van der Waals surface area contributed by atoms with Crippen LogP contribution in [-0.4, -0.2) is 52.1 Å². The molecular formula is C10H18N2O3S. The first-order valence-electron chi connectivity index (χ1n) is 5.44. The first kappa shape index (κ1) is 13.2. The minimum atomic E-state index is -0.977. The summed E-state index contributed by atoms with van der Waals surface area (Å²) in [6.07, 6.45) is 0.402. The highest BCUT2D eigenvalue weighted by molar-refractivity contribution is 7.99. The standard InChI is InChI=1S/C10H18N2O3S/c1-3-8(9(13)14)11-10(15)12-4-5-16-7(2)6-12/h7-8H,3-6H2,1-2H3,(H,11,15)(H,13,14)/t7?,8-/m1/s1. The van der Waals surface area contributed by atoms with E-state index >= 15 is 0 Å². The van der Waals surface area contributed by atoms with Crippen LogP contribution in [0.2, 0.25) is 0 Å². The van der Waals surface area contributed by atoms with E-state index in [1.165, 1.54) is 0 Å². The molecule has 0 aromatic rings. The highest BCUT2D eigenvalue weighted by atomic mass is 32.2. The van der Waals surface area contributed by atoms with Crippen LogP contribution < -0.4 is 5.32 Å². The van der Waals surface area contributed by atoms with Crippen LogP contribution >= 0.6 is 11.8 Å². The molecule has 0 radical (unpaired) electrons. The second kappa shape index (κ2) is 5.98. The van der Waals surface area contributed by atoms with Gasteiger partial charge in [0.1, 0.15) is 6.04 Å². The summed E-state index contributed by atoms with van der Waals surface area (Å²) in [6.45, 7) is 5.19. The molecule has 0 aromatic heterocycles. The topological polar surface area (TPSA) is 69.6 Å². The molecule has 6 heteroatoms. The summed E-state index contributed by atoms with van der Waals surface area (Å²) in [5.74, 6) is -0.0615. The number of amides is 2. The fourth-order valence-electron chi connectivity index (χ4n) is 1.58. The van der Waals surface area contributed by atoms with Gasteiger partial charge in [-0.05, 0) is 6.42 Å². The molecule has 2 amide bonds. The molecule has 1 heterocycles. The number of carbonyl (C=O) groups is 2. The number of nitrogens with one attached hydrogen (secondary N) is 1. The second-order valence-electron chi connectivity index (χ2n) is 3.88. The number of urea groups is 1. The van der Waals surface area contributed by atoms with Crippen molar-refractivity contribution in [3.05, 3.63) is 0 Å². The van der Waals surface area contributed by atoms with Crippen molar-refractivity contribution in [1.29, 1.82) is 0 Å². The molecule has 5 nitrogen and oxygen atoms in total. The zero-order chi connectivity index (χ0) is 12.1. The van der Waals surface area contributed by atoms with E-state index in [1.54, 1.807) is 11.8 Å². The lowest BCUT2D eigenvalue weighted by Gasteiger charge is -2.31. The van der Waals surface area contributed by atoms with E-state index in [0.29, 0.717) is 24.8 Å². The summed E-state index contributed by atoms with van der Waals surface area (Å²) in [7, 11) is 0. The molecule has 1 saturated heterocycles. The van der Waals surface area contributed by atoms with Crippen molar-refractivity contribution in [2.75, 3.05) is 18.8 Å². The summed E-state index contributed by atoms with van der Waals surface area (Å²) >= 11 is 1.83. The normalized spacial score (nSPS) is 22.6. The molecule has 0 aromatic carbocycles. The molecule has 2 N–H and O–H groups in total. The number of rotatable bonds is 3. The minimum Gasteiger partial charge on any atom is -0.480 e. The molecule has 0 spiro atoms. The van der Waals surface area contributed by atoms with E-state index in [4.69, 9.17) is 5.11 Å². The number of carbonyl (C=O) groups excluding carboxylic acids is 1. The van der Waals surface area contributed by atoms with E-state index in [0.717, 1.165) is 5.75 Å². The van der Waals surface area contributed by atoms with Crippen LogP contribution in [0, 0.1) is 0 Å². The first-order chi connectivity index (χ1) is 7.54. The minimum absolute atomic E-state index is 0.263. The Morgan fingerprint density at radius 2 is 2.31 bits per heavy atom. The summed E-state index contributed by atoms with van der Waals surface area (Å²) in [5.41, 5.74) is 0. The summed E-state index contributed by atoms with van der Waals surface area (Å²) in [6, 6.07) is -1.04. The van der Waals surface area contributed by atoms with Crippen LogP contribution in [0.25, 0.3) is 0 Å². The number of carboxylic acids is 1. The van der Waals surface area contributed by atoms with Crippen molar-refractivity contribution in [2.24, 2.45) is 0 Å². The Morgan fingerprint density at radius 1 is 1.62 bits per heavy atom. The van der Waals surface area contributed by atoms with Crippen LogP contribution in [0.3, 0.4) is 0 Å². The van der Waals surface area contributed by atoms with Gasteiger partial charge in [-0.1, -0.05) is 13.8 Å². The molecule has 0 aliphatic carbocycles. The molecule has 1 aliphatic heterocycles. The zero-order valence-electron chi connectivity index (χ0n) is 9.60. The number of hydrogen-bond acceptors (Lipinski definition) is 3. The Kier molecular flexibility index (Phi) is 4.92. The van der Waals surface area contributed by atoms with E-state index in [1.807, 2.05) is 11.8 Å². The van der Waals surface area contributed by atoms with Crippen LogP contribution in [0.15, 0.2) is 0 Å². The van der Waals surface area contributed by atoms with Crippen LogP contribution in [0.5, 0.6) is 0 Å². The zero-order valence-corrected chi connectivity index (χ0v) is 10.4. The third-order valence-corrected chi connectivity index (χ3v) is 3.67. The van der Waals surface area contributed by atoms with Gasteiger partial charge >= 0.3 is 12.0 Å². The average molecular weight is 246 g/mol. The van der Waals surface area contributed by atoms with Gasteiger partial charge < -0.3 is 15.3 Å². The van der Waals surface area contributed by atoms with Crippen molar-refractivity contribution in [3.8, 4) is 0 Å². The van der Waals surface area contributed by atoms with Gasteiger partial charge in [0.2, 0.25) is 0 Å². The third-order valence-electron chi connectivity index (χ3n) is 2.53. The molecule has 1 unspecified atom stereocenters. The lowest BCUT2D eigenvalue weighted by Crippen LogP contribution is -2.51. The monoisotopic (exact) mass is 246 g/mol. The molecule has 2 atom stereocenters. The quantitative estimate of drug-likeness (QED) is 0.779. The average Bonchev–Trinajstić information content (AvgIpc) is 2.25. The Balaban J connectivity index is 2.47. The van der Waals surface area contributed by atoms with Crippen molar-refractivity contribution < 1.29 is 14.7 Å². The number of nitrogens with zero attached hydrogens (tertiary/aromatic N) is 1. The van der Waals surface area contributed by atoms with E-state index in [9.17, 15) is 9.59 Å². The highest BCUT2D eigenvalue weighted by Gasteiger charge is 2.24. The van der Waals surface area contributed by atoms with Crippen LogP contribution in [0.1, 0.15) is 20.3 Å². The SMILES string of the molecule is CC[C@@H](NC(=O)N1CCSC(C)C1)C(=O)O. The molecule has 1 fully saturated rings. The molecule has 1 aliphatic rings. The summed E-state index contributed by atoms with van der Waals surface area (Å²) < 4.78 is 0. The molecule has 16 heavy (non-hydrogen) atoms. The Hall–Kier alpha value is -0.910.